The lowest BCUT2D eigenvalue weighted by atomic mass is 10.2. The van der Waals surface area contributed by atoms with Gasteiger partial charge in [0.15, 0.2) is 0 Å². The van der Waals surface area contributed by atoms with Crippen LogP contribution in [0.25, 0.3) is 0 Å². The Morgan fingerprint density at radius 3 is 2.32 bits per heavy atom. The Hall–Kier alpha value is -1.12. The van der Waals surface area contributed by atoms with E-state index in [4.69, 9.17) is 9.26 Å². The van der Waals surface area contributed by atoms with Crippen molar-refractivity contribution in [3.63, 3.8) is 0 Å². The van der Waals surface area contributed by atoms with E-state index in [0.29, 0.717) is 25.1 Å². The molecule has 1 rings (SSSR count). The van der Waals surface area contributed by atoms with E-state index in [1.54, 1.807) is 6.92 Å². The van der Waals surface area contributed by atoms with Crippen LogP contribution in [0.15, 0.2) is 30.3 Å². The monoisotopic (exact) mass is 326 g/mol. The summed E-state index contributed by atoms with van der Waals surface area (Å²) in [6, 6.07) is 9.30. The fraction of sp³-hybridized carbons (Fsp3) is 0.588. The topological polar surface area (TPSA) is 52.6 Å². The van der Waals surface area contributed by atoms with Crippen LogP contribution in [-0.4, -0.2) is 25.3 Å². The highest BCUT2D eigenvalue weighted by Gasteiger charge is 2.29. The molecule has 0 spiro atoms. The van der Waals surface area contributed by atoms with E-state index in [-0.39, 0.29) is 18.5 Å². The average Bonchev–Trinajstić information content (AvgIpc) is 2.51. The number of rotatable bonds is 9. The zero-order valence-electron chi connectivity index (χ0n) is 14.0. The first kappa shape index (κ1) is 18.9. The van der Waals surface area contributed by atoms with Crippen molar-refractivity contribution in [2.75, 3.05) is 19.4 Å². The summed E-state index contributed by atoms with van der Waals surface area (Å²) in [5, 5.41) is 0.726. The van der Waals surface area contributed by atoms with Crippen LogP contribution in [0.2, 0.25) is 0 Å². The van der Waals surface area contributed by atoms with Crippen LogP contribution >= 0.6 is 7.37 Å². The van der Waals surface area contributed by atoms with Crippen LogP contribution in [0.4, 0.5) is 0 Å². The van der Waals surface area contributed by atoms with E-state index in [0.717, 1.165) is 5.30 Å². The van der Waals surface area contributed by atoms with Gasteiger partial charge in [0.05, 0.1) is 13.2 Å². The Labute approximate surface area is 133 Å². The predicted octanol–water partition coefficient (Wildman–Crippen LogP) is 3.85. The number of benzene rings is 1. The molecule has 0 aliphatic heterocycles. The van der Waals surface area contributed by atoms with Gasteiger partial charge in [0.25, 0.3) is 0 Å². The van der Waals surface area contributed by atoms with Crippen molar-refractivity contribution in [2.45, 2.75) is 34.1 Å². The van der Waals surface area contributed by atoms with Gasteiger partial charge in [-0.2, -0.15) is 0 Å². The Morgan fingerprint density at radius 2 is 1.77 bits per heavy atom. The first-order chi connectivity index (χ1) is 10.4. The van der Waals surface area contributed by atoms with Gasteiger partial charge in [-0.1, -0.05) is 45.9 Å². The lowest BCUT2D eigenvalue weighted by Gasteiger charge is -2.23. The zero-order chi connectivity index (χ0) is 16.6. The van der Waals surface area contributed by atoms with Crippen LogP contribution < -0.4 is 5.30 Å². The Bertz CT molecular complexity index is 499. The number of hydrogen-bond acceptors (Lipinski definition) is 4. The van der Waals surface area contributed by atoms with E-state index in [1.165, 1.54) is 0 Å². The maximum absolute atomic E-state index is 13.3. The second-order valence-corrected chi connectivity index (χ2v) is 8.51. The van der Waals surface area contributed by atoms with Crippen LogP contribution in [-0.2, 0) is 18.6 Å². The first-order valence-electron chi connectivity index (χ1n) is 7.82. The molecule has 4 nitrogen and oxygen atoms in total. The second kappa shape index (κ2) is 9.12. The van der Waals surface area contributed by atoms with Crippen LogP contribution in [0.5, 0.6) is 0 Å². The molecule has 0 aromatic heterocycles. The van der Waals surface area contributed by atoms with E-state index in [1.807, 2.05) is 51.1 Å². The number of esters is 1. The minimum Gasteiger partial charge on any atom is -0.465 e. The maximum atomic E-state index is 13.3. The van der Waals surface area contributed by atoms with Crippen molar-refractivity contribution in [1.29, 1.82) is 0 Å². The minimum absolute atomic E-state index is 0.0197. The average molecular weight is 326 g/mol. The van der Waals surface area contributed by atoms with Gasteiger partial charge in [0.1, 0.15) is 0 Å². The molecule has 0 aliphatic rings. The molecular formula is C17H27O4P. The van der Waals surface area contributed by atoms with Gasteiger partial charge in [-0.05, 0) is 24.0 Å². The summed E-state index contributed by atoms with van der Waals surface area (Å²) in [5.74, 6) is 0.0588. The molecule has 0 aliphatic carbocycles. The van der Waals surface area contributed by atoms with Crippen LogP contribution in [0.1, 0.15) is 34.1 Å². The SMILES string of the molecule is CCC(=O)OCC(C)CP(=O)(OCC(C)C)c1ccccc1. The zero-order valence-corrected chi connectivity index (χ0v) is 14.8. The highest BCUT2D eigenvalue weighted by Crippen LogP contribution is 2.47. The van der Waals surface area contributed by atoms with Crippen molar-refractivity contribution in [3.8, 4) is 0 Å². The summed E-state index contributed by atoms with van der Waals surface area (Å²) in [4.78, 5) is 11.2. The molecule has 0 bridgehead atoms. The van der Waals surface area contributed by atoms with Gasteiger partial charge in [-0.25, -0.2) is 0 Å². The van der Waals surface area contributed by atoms with E-state index in [9.17, 15) is 9.36 Å². The first-order valence-corrected chi connectivity index (χ1v) is 9.63. The number of carbonyl (C=O) groups is 1. The predicted molar refractivity (Wildman–Crippen MR) is 89.8 cm³/mol. The highest BCUT2D eigenvalue weighted by atomic mass is 31.2. The number of carbonyl (C=O) groups excluding carboxylic acids is 1. The molecule has 2 unspecified atom stereocenters. The van der Waals surface area contributed by atoms with Crippen molar-refractivity contribution >= 4 is 18.6 Å². The van der Waals surface area contributed by atoms with Crippen molar-refractivity contribution in [1.82, 2.24) is 0 Å². The van der Waals surface area contributed by atoms with Gasteiger partial charge in [0, 0.05) is 17.9 Å². The largest absolute Gasteiger partial charge is 0.465 e. The van der Waals surface area contributed by atoms with Crippen LogP contribution in [0, 0.1) is 11.8 Å². The van der Waals surface area contributed by atoms with E-state index >= 15 is 0 Å². The molecule has 2 atom stereocenters. The standard InChI is InChI=1S/C17H27O4P/c1-5-17(18)20-12-15(4)13-22(19,21-11-14(2)3)16-9-7-6-8-10-16/h6-10,14-15H,5,11-13H2,1-4H3. The Morgan fingerprint density at radius 1 is 1.14 bits per heavy atom. The van der Waals surface area contributed by atoms with Crippen LogP contribution in [0.3, 0.4) is 0 Å². The summed E-state index contributed by atoms with van der Waals surface area (Å²) in [7, 11) is -2.94. The highest BCUT2D eigenvalue weighted by molar-refractivity contribution is 7.67. The van der Waals surface area contributed by atoms with Gasteiger partial charge >= 0.3 is 5.97 Å². The Kier molecular flexibility index (Phi) is 7.84. The molecule has 0 heterocycles. The molecule has 1 aromatic carbocycles. The molecule has 0 saturated carbocycles. The lowest BCUT2D eigenvalue weighted by molar-refractivity contribution is -0.144. The molecule has 0 radical (unpaired) electrons. The maximum Gasteiger partial charge on any atom is 0.305 e. The third-order valence-corrected chi connectivity index (χ3v) is 5.89. The quantitative estimate of drug-likeness (QED) is 0.511. The normalized spacial score (nSPS) is 15.3. The summed E-state index contributed by atoms with van der Waals surface area (Å²) < 4.78 is 24.2. The summed E-state index contributed by atoms with van der Waals surface area (Å²) >= 11 is 0. The van der Waals surface area contributed by atoms with E-state index < -0.39 is 7.37 Å². The van der Waals surface area contributed by atoms with Gasteiger partial charge in [-0.15, -0.1) is 0 Å². The summed E-state index contributed by atoms with van der Waals surface area (Å²) in [6.45, 7) is 8.47. The fourth-order valence-corrected chi connectivity index (χ4v) is 4.51. The Balaban J connectivity index is 2.78. The molecule has 5 heteroatoms. The van der Waals surface area contributed by atoms with Gasteiger partial charge < -0.3 is 9.26 Å². The van der Waals surface area contributed by atoms with E-state index in [2.05, 4.69) is 0 Å². The summed E-state index contributed by atoms with van der Waals surface area (Å²) in [6.07, 6.45) is 0.730. The molecule has 0 N–H and O–H groups in total. The number of hydrogen-bond donors (Lipinski definition) is 0. The van der Waals surface area contributed by atoms with Crippen molar-refractivity contribution < 1.29 is 18.6 Å². The molecule has 1 aromatic rings. The smallest absolute Gasteiger partial charge is 0.305 e. The molecular weight excluding hydrogens is 299 g/mol. The van der Waals surface area contributed by atoms with Crippen molar-refractivity contribution in [3.05, 3.63) is 30.3 Å². The second-order valence-electron chi connectivity index (χ2n) is 6.02. The molecule has 22 heavy (non-hydrogen) atoms. The molecule has 0 saturated heterocycles. The molecule has 0 fully saturated rings. The van der Waals surface area contributed by atoms with Gasteiger partial charge in [0.2, 0.25) is 7.37 Å². The lowest BCUT2D eigenvalue weighted by Crippen LogP contribution is -2.20. The van der Waals surface area contributed by atoms with Crippen molar-refractivity contribution in [2.24, 2.45) is 11.8 Å². The molecule has 124 valence electrons. The minimum atomic E-state index is -2.94. The number of ether oxygens (including phenoxy) is 1. The van der Waals surface area contributed by atoms with Gasteiger partial charge in [-0.3, -0.25) is 9.36 Å². The summed E-state index contributed by atoms with van der Waals surface area (Å²) in [5.41, 5.74) is 0. The fourth-order valence-electron chi connectivity index (χ4n) is 1.96. The third kappa shape index (κ3) is 6.33. The third-order valence-electron chi connectivity index (χ3n) is 3.14. The molecule has 0 amide bonds.